The van der Waals surface area contributed by atoms with Crippen LogP contribution < -0.4 is 4.90 Å². The number of fused-ring (bicyclic) bond motifs is 3. The molecule has 1 atom stereocenters. The van der Waals surface area contributed by atoms with Crippen molar-refractivity contribution in [2.75, 3.05) is 11.9 Å². The van der Waals surface area contributed by atoms with Gasteiger partial charge in [0, 0.05) is 43.2 Å². The Labute approximate surface area is 241 Å². The van der Waals surface area contributed by atoms with Gasteiger partial charge < -0.3 is 9.47 Å². The normalized spacial score (nSPS) is 14.8. The molecule has 0 fully saturated rings. The van der Waals surface area contributed by atoms with Crippen molar-refractivity contribution in [2.45, 2.75) is 54.0 Å². The molecule has 1 aliphatic carbocycles. The van der Waals surface area contributed by atoms with E-state index < -0.39 is 0 Å². The number of anilines is 1. The second-order valence-electron chi connectivity index (χ2n) is 9.24. The van der Waals surface area contributed by atoms with Crippen LogP contribution in [-0.4, -0.2) is 23.3 Å². The summed E-state index contributed by atoms with van der Waals surface area (Å²) < 4.78 is 2.41. The number of hydrogen-bond donors (Lipinski definition) is 0. The number of aromatic nitrogens is 2. The molecule has 1 aromatic carbocycles. The summed E-state index contributed by atoms with van der Waals surface area (Å²) in [6, 6.07) is 13.0. The highest BCUT2D eigenvalue weighted by molar-refractivity contribution is 5.85. The van der Waals surface area contributed by atoms with Crippen LogP contribution in [0, 0.1) is 18.8 Å². The zero-order valence-corrected chi connectivity index (χ0v) is 25.0. The van der Waals surface area contributed by atoms with Gasteiger partial charge in [0.05, 0.1) is 22.4 Å². The van der Waals surface area contributed by atoms with Crippen molar-refractivity contribution in [1.82, 2.24) is 9.55 Å². The molecule has 208 valence electrons. The fraction of sp³-hybridized carbons (Fsp3) is 0.278. The van der Waals surface area contributed by atoms with Crippen LogP contribution in [0.4, 0.5) is 5.69 Å². The number of aliphatic imine (C=N–C) groups is 1. The number of hydrogen-bond acceptors (Lipinski definition) is 3. The van der Waals surface area contributed by atoms with Crippen LogP contribution >= 0.6 is 0 Å². The van der Waals surface area contributed by atoms with E-state index in [9.17, 15) is 0 Å². The topological polar surface area (TPSA) is 33.4 Å². The van der Waals surface area contributed by atoms with Crippen molar-refractivity contribution in [1.29, 1.82) is 0 Å². The molecule has 0 aliphatic heterocycles. The lowest BCUT2D eigenvalue weighted by molar-refractivity contribution is 0.707. The van der Waals surface area contributed by atoms with E-state index in [0.717, 1.165) is 42.0 Å². The van der Waals surface area contributed by atoms with E-state index in [1.54, 1.807) is 0 Å². The van der Waals surface area contributed by atoms with E-state index in [4.69, 9.17) is 4.98 Å². The maximum atomic E-state index is 4.74. The Morgan fingerprint density at radius 1 is 1.15 bits per heavy atom. The molecule has 4 nitrogen and oxygen atoms in total. The molecule has 2 heterocycles. The molecule has 0 bridgehead atoms. The molecule has 0 amide bonds. The Balaban J connectivity index is 0.00000134. The third-order valence-electron chi connectivity index (χ3n) is 6.63. The molecular weight excluding hydrogens is 488 g/mol. The first kappa shape index (κ1) is 31.9. The highest BCUT2D eigenvalue weighted by Gasteiger charge is 2.21. The van der Waals surface area contributed by atoms with E-state index in [1.807, 2.05) is 58.2 Å². The number of likely N-dealkylation sites (N-methyl/N-ethyl adjacent to an activating group) is 1. The van der Waals surface area contributed by atoms with E-state index in [0.29, 0.717) is 5.92 Å². The van der Waals surface area contributed by atoms with E-state index in [2.05, 4.69) is 109 Å². The Hall–Kier alpha value is -4.36. The summed E-state index contributed by atoms with van der Waals surface area (Å²) in [7, 11) is 2.09. The first-order valence-corrected chi connectivity index (χ1v) is 14.0. The number of allylic oxidation sites excluding steroid dienone is 7. The first-order valence-electron chi connectivity index (χ1n) is 14.0. The van der Waals surface area contributed by atoms with Gasteiger partial charge in [-0.2, -0.15) is 0 Å². The fourth-order valence-electron chi connectivity index (χ4n) is 4.83. The quantitative estimate of drug-likeness (QED) is 0.156. The maximum Gasteiger partial charge on any atom is 0.0919 e. The van der Waals surface area contributed by atoms with Crippen molar-refractivity contribution in [2.24, 2.45) is 10.9 Å². The molecule has 0 saturated heterocycles. The summed E-state index contributed by atoms with van der Waals surface area (Å²) >= 11 is 0. The molecule has 0 saturated carbocycles. The molecule has 1 aliphatic rings. The number of nitrogens with zero attached hydrogens (tertiary/aromatic N) is 4. The Morgan fingerprint density at radius 2 is 1.93 bits per heavy atom. The lowest BCUT2D eigenvalue weighted by atomic mass is 9.94. The number of rotatable bonds is 9. The summed E-state index contributed by atoms with van der Waals surface area (Å²) in [6.45, 7) is 14.9. The highest BCUT2D eigenvalue weighted by Crippen LogP contribution is 2.33. The van der Waals surface area contributed by atoms with Crippen LogP contribution in [0.2, 0.25) is 0 Å². The van der Waals surface area contributed by atoms with Crippen molar-refractivity contribution in [3.05, 3.63) is 113 Å². The van der Waals surface area contributed by atoms with Gasteiger partial charge in [-0.3, -0.25) is 9.98 Å². The van der Waals surface area contributed by atoms with E-state index in [1.165, 1.54) is 22.3 Å². The summed E-state index contributed by atoms with van der Waals surface area (Å²) in [5.41, 5.74) is 9.31. The minimum atomic E-state index is 0.535. The molecule has 1 unspecified atom stereocenters. The van der Waals surface area contributed by atoms with Crippen molar-refractivity contribution in [3.63, 3.8) is 0 Å². The summed E-state index contributed by atoms with van der Waals surface area (Å²) in [5.74, 6) is 0.535. The Morgan fingerprint density at radius 3 is 2.62 bits per heavy atom. The molecule has 0 N–H and O–H groups in total. The highest BCUT2D eigenvalue weighted by atomic mass is 15.1. The third-order valence-corrected chi connectivity index (χ3v) is 6.63. The van der Waals surface area contributed by atoms with E-state index >= 15 is 0 Å². The number of terminal acetylenes is 1. The largest absolute Gasteiger partial charge is 0.343 e. The molecule has 40 heavy (non-hydrogen) atoms. The van der Waals surface area contributed by atoms with Gasteiger partial charge in [-0.05, 0) is 74.9 Å². The second-order valence-corrected chi connectivity index (χ2v) is 9.24. The maximum absolute atomic E-state index is 4.74. The van der Waals surface area contributed by atoms with Crippen LogP contribution in [0.1, 0.15) is 57.9 Å². The van der Waals surface area contributed by atoms with Gasteiger partial charge in [-0.1, -0.05) is 69.4 Å². The minimum Gasteiger partial charge on any atom is -0.343 e. The summed E-state index contributed by atoms with van der Waals surface area (Å²) in [5, 5.41) is 0. The molecule has 4 heteroatoms. The first-order chi connectivity index (χ1) is 19.6. The molecule has 0 radical (unpaired) electrons. The van der Waals surface area contributed by atoms with Crippen LogP contribution in [0.5, 0.6) is 0 Å². The Bertz CT molecular complexity index is 1430. The number of benzene rings is 1. The van der Waals surface area contributed by atoms with Crippen molar-refractivity contribution in [3.8, 4) is 12.8 Å². The predicted molar refractivity (Wildman–Crippen MR) is 177 cm³/mol. The van der Waals surface area contributed by atoms with Crippen LogP contribution in [0.3, 0.4) is 0 Å². The predicted octanol–water partition coefficient (Wildman–Crippen LogP) is 9.01. The van der Waals surface area contributed by atoms with E-state index in [-0.39, 0.29) is 0 Å². The zero-order chi connectivity index (χ0) is 29.5. The number of pyridine rings is 1. The third kappa shape index (κ3) is 7.61. The smallest absolute Gasteiger partial charge is 0.0919 e. The van der Waals surface area contributed by atoms with Gasteiger partial charge in [0.25, 0.3) is 0 Å². The lowest BCUT2D eigenvalue weighted by Gasteiger charge is -2.23. The van der Waals surface area contributed by atoms with Gasteiger partial charge in [0.15, 0.2) is 0 Å². The van der Waals surface area contributed by atoms with Gasteiger partial charge in [0.1, 0.15) is 0 Å². The van der Waals surface area contributed by atoms with Crippen LogP contribution in [0.15, 0.2) is 102 Å². The molecular formula is C36H44N4. The lowest BCUT2D eigenvalue weighted by Crippen LogP contribution is -2.17. The standard InChI is InChI=1S/C32H36N4.C2H6.C2H2/c1-6-8-9-10-16-28(33-4)30(13-7-2)35(5)26-15-11-14-25(22-26)23-36-29-19-18-24(3)21-27(29)32-31(36)17-12-20-34-32;2*1-2/h6-15,17-20,22,24H,4,16,21,23H2,1-3,5H3;1-2H3;1-2H/b8-6-,10-9-,13-7-,30-28+;;. The van der Waals surface area contributed by atoms with Crippen molar-refractivity contribution >= 4 is 29.5 Å². The summed E-state index contributed by atoms with van der Waals surface area (Å²) in [6.07, 6.45) is 28.6. The zero-order valence-electron chi connectivity index (χ0n) is 25.0. The molecule has 0 spiro atoms. The molecule has 3 aromatic rings. The van der Waals surface area contributed by atoms with Gasteiger partial charge in [-0.25, -0.2) is 0 Å². The second kappa shape index (κ2) is 16.6. The monoisotopic (exact) mass is 532 g/mol. The average molecular weight is 533 g/mol. The Kier molecular flexibility index (Phi) is 13.2. The van der Waals surface area contributed by atoms with Gasteiger partial charge >= 0.3 is 0 Å². The summed E-state index contributed by atoms with van der Waals surface area (Å²) in [4.78, 5) is 11.3. The molecule has 4 rings (SSSR count). The fourth-order valence-corrected chi connectivity index (χ4v) is 4.83. The minimum absolute atomic E-state index is 0.535. The average Bonchev–Trinajstić information content (AvgIpc) is 3.30. The van der Waals surface area contributed by atoms with Crippen LogP contribution in [0.25, 0.3) is 17.1 Å². The SMILES string of the molecule is C#C.C=N/C(C/C=C\C=C/C)=C(\C=C/C)N(C)c1cccc(Cn2c3c(c4ncccc42)CC(C)C=C3)c1.CC. The van der Waals surface area contributed by atoms with Gasteiger partial charge in [0.2, 0.25) is 0 Å². The van der Waals surface area contributed by atoms with Crippen molar-refractivity contribution < 1.29 is 0 Å². The molecule has 2 aromatic heterocycles. The van der Waals surface area contributed by atoms with Gasteiger partial charge in [-0.15, -0.1) is 12.8 Å². The van der Waals surface area contributed by atoms with Crippen LogP contribution in [-0.2, 0) is 13.0 Å².